The summed E-state index contributed by atoms with van der Waals surface area (Å²) in [5.41, 5.74) is 0. The number of hydrogen-bond acceptors (Lipinski definition) is 5. The molecule has 50 heavy (non-hydrogen) atoms. The first-order chi connectivity index (χ1) is 24.2. The molecule has 7 nitrogen and oxygen atoms in total. The minimum atomic E-state index is -0.755. The molecule has 0 aliphatic rings. The van der Waals surface area contributed by atoms with Crippen LogP contribution in [0.5, 0.6) is 0 Å². The first-order valence-electron chi connectivity index (χ1n) is 21.6. The summed E-state index contributed by atoms with van der Waals surface area (Å²) in [7, 11) is 4.19. The molecular formula is C43H84NO6+. The van der Waals surface area contributed by atoms with E-state index in [0.717, 1.165) is 51.5 Å². The van der Waals surface area contributed by atoms with Crippen molar-refractivity contribution in [1.82, 2.24) is 0 Å². The van der Waals surface area contributed by atoms with Gasteiger partial charge in [0.1, 0.15) is 13.2 Å². The summed E-state index contributed by atoms with van der Waals surface area (Å²) in [4.78, 5) is 36.3. The summed E-state index contributed by atoms with van der Waals surface area (Å²) < 4.78 is 12.2. The number of hydrogen-bond donors (Lipinski definition) is 1. The first kappa shape index (κ1) is 48.4. The van der Waals surface area contributed by atoms with Gasteiger partial charge in [-0.2, -0.15) is 0 Å². The molecule has 7 heteroatoms. The molecule has 1 unspecified atom stereocenters. The van der Waals surface area contributed by atoms with E-state index in [-0.39, 0.29) is 25.0 Å². The molecule has 0 aliphatic heterocycles. The molecule has 0 spiro atoms. The van der Waals surface area contributed by atoms with E-state index < -0.39 is 12.1 Å². The number of carbonyl (C=O) groups is 3. The van der Waals surface area contributed by atoms with Gasteiger partial charge in [-0.3, -0.25) is 14.4 Å². The molecule has 0 aromatic rings. The predicted molar refractivity (Wildman–Crippen MR) is 209 cm³/mol. The molecular weight excluding hydrogens is 626 g/mol. The van der Waals surface area contributed by atoms with Crippen LogP contribution < -0.4 is 0 Å². The second-order valence-electron chi connectivity index (χ2n) is 15.8. The number of nitrogens with zero attached hydrogens (tertiary/aromatic N) is 1. The molecule has 0 saturated carbocycles. The summed E-state index contributed by atoms with van der Waals surface area (Å²) in [6.45, 7) is 6.04. The number of quaternary nitrogens is 1. The van der Waals surface area contributed by atoms with Crippen LogP contribution in [0.4, 0.5) is 0 Å². The minimum Gasteiger partial charge on any atom is -0.481 e. The number of carboxylic acid groups (broad SMARTS) is 1. The molecule has 0 amide bonds. The highest BCUT2D eigenvalue weighted by molar-refractivity contribution is 5.70. The maximum Gasteiger partial charge on any atom is 0.306 e. The molecule has 0 bridgehead atoms. The van der Waals surface area contributed by atoms with Crippen LogP contribution in [0.25, 0.3) is 0 Å². The van der Waals surface area contributed by atoms with Gasteiger partial charge >= 0.3 is 17.9 Å². The van der Waals surface area contributed by atoms with E-state index in [2.05, 4.69) is 27.9 Å². The van der Waals surface area contributed by atoms with Crippen molar-refractivity contribution in [2.45, 2.75) is 225 Å². The molecule has 0 fully saturated rings. The Morgan fingerprint density at radius 3 is 1.22 bits per heavy atom. The van der Waals surface area contributed by atoms with Crippen molar-refractivity contribution in [3.63, 3.8) is 0 Å². The van der Waals surface area contributed by atoms with E-state index in [0.29, 0.717) is 30.3 Å². The molecule has 0 aliphatic carbocycles. The van der Waals surface area contributed by atoms with Crippen LogP contribution in [0.1, 0.15) is 219 Å². The van der Waals surface area contributed by atoms with Crippen molar-refractivity contribution >= 4 is 17.9 Å². The highest BCUT2D eigenvalue weighted by Gasteiger charge is 2.26. The third-order valence-corrected chi connectivity index (χ3v) is 10.0. The van der Waals surface area contributed by atoms with E-state index in [1.807, 2.05) is 0 Å². The van der Waals surface area contributed by atoms with Gasteiger partial charge in [0, 0.05) is 19.3 Å². The number of likely N-dealkylation sites (N-methyl/N-ethyl adjacent to an activating group) is 1. The van der Waals surface area contributed by atoms with Gasteiger partial charge in [0.05, 0.1) is 20.6 Å². The van der Waals surface area contributed by atoms with E-state index in [4.69, 9.17) is 14.6 Å². The van der Waals surface area contributed by atoms with Gasteiger partial charge in [0.15, 0.2) is 6.10 Å². The second kappa shape index (κ2) is 35.8. The number of carboxylic acids is 1. The zero-order valence-corrected chi connectivity index (χ0v) is 33.8. The van der Waals surface area contributed by atoms with E-state index >= 15 is 0 Å². The first-order valence-corrected chi connectivity index (χ1v) is 21.6. The van der Waals surface area contributed by atoms with Gasteiger partial charge in [-0.1, -0.05) is 168 Å². The van der Waals surface area contributed by atoms with Crippen molar-refractivity contribution in [3.05, 3.63) is 0 Å². The van der Waals surface area contributed by atoms with Gasteiger partial charge in [-0.15, -0.1) is 0 Å². The zero-order valence-electron chi connectivity index (χ0n) is 33.8. The average molecular weight is 711 g/mol. The molecule has 0 aromatic heterocycles. The van der Waals surface area contributed by atoms with E-state index in [1.54, 1.807) is 0 Å². The van der Waals surface area contributed by atoms with Crippen molar-refractivity contribution in [1.29, 1.82) is 0 Å². The van der Waals surface area contributed by atoms with Crippen molar-refractivity contribution in [2.75, 3.05) is 33.8 Å². The summed E-state index contributed by atoms with van der Waals surface area (Å²) in [6, 6.07) is 0. The number of rotatable bonds is 39. The minimum absolute atomic E-state index is 0.0995. The van der Waals surface area contributed by atoms with Gasteiger partial charge in [0.2, 0.25) is 0 Å². The smallest absolute Gasteiger partial charge is 0.306 e. The number of esters is 2. The van der Waals surface area contributed by atoms with Crippen LogP contribution in [0.15, 0.2) is 0 Å². The number of aliphatic carboxylic acids is 1. The number of carbonyl (C=O) groups excluding carboxylic acids is 2. The molecule has 1 N–H and O–H groups in total. The van der Waals surface area contributed by atoms with Crippen molar-refractivity contribution in [3.8, 4) is 0 Å². The third kappa shape index (κ3) is 36.2. The quantitative estimate of drug-likeness (QED) is 0.0388. The second-order valence-corrected chi connectivity index (χ2v) is 15.8. The molecule has 0 heterocycles. The molecule has 0 radical (unpaired) electrons. The lowest BCUT2D eigenvalue weighted by atomic mass is 10.0. The van der Waals surface area contributed by atoms with Gasteiger partial charge in [0.25, 0.3) is 0 Å². The van der Waals surface area contributed by atoms with Crippen molar-refractivity contribution in [2.24, 2.45) is 0 Å². The van der Waals surface area contributed by atoms with Crippen LogP contribution in [0.3, 0.4) is 0 Å². The summed E-state index contributed by atoms with van der Waals surface area (Å²) in [5.74, 6) is -1.16. The van der Waals surface area contributed by atoms with Crippen LogP contribution in [0.2, 0.25) is 0 Å². The van der Waals surface area contributed by atoms with E-state index in [9.17, 15) is 14.4 Å². The highest BCUT2D eigenvalue weighted by Crippen LogP contribution is 2.16. The Kier molecular flexibility index (Phi) is 34.6. The predicted octanol–water partition coefficient (Wildman–Crippen LogP) is 12.1. The van der Waals surface area contributed by atoms with Gasteiger partial charge in [-0.05, 0) is 32.1 Å². The molecule has 0 aromatic carbocycles. The summed E-state index contributed by atoms with van der Waals surface area (Å²) in [5, 5.41) is 8.91. The van der Waals surface area contributed by atoms with E-state index in [1.165, 1.54) is 135 Å². The average Bonchev–Trinajstić information content (AvgIpc) is 3.07. The highest BCUT2D eigenvalue weighted by atomic mass is 16.6. The fourth-order valence-corrected chi connectivity index (χ4v) is 6.84. The lowest BCUT2D eigenvalue weighted by molar-refractivity contribution is -0.893. The summed E-state index contributed by atoms with van der Waals surface area (Å²) >= 11 is 0. The monoisotopic (exact) mass is 711 g/mol. The fourth-order valence-electron chi connectivity index (χ4n) is 6.84. The topological polar surface area (TPSA) is 89.9 Å². The van der Waals surface area contributed by atoms with Gasteiger partial charge < -0.3 is 19.1 Å². The van der Waals surface area contributed by atoms with Crippen LogP contribution in [-0.2, 0) is 23.9 Å². The molecule has 1 atom stereocenters. The molecule has 296 valence electrons. The zero-order chi connectivity index (χ0) is 37.0. The van der Waals surface area contributed by atoms with Crippen LogP contribution >= 0.6 is 0 Å². The normalized spacial score (nSPS) is 12.2. The Hall–Kier alpha value is -1.63. The Labute approximate surface area is 310 Å². The summed E-state index contributed by atoms with van der Waals surface area (Å²) in [6.07, 6.45) is 35.9. The number of unbranched alkanes of at least 4 members (excludes halogenated alkanes) is 26. The van der Waals surface area contributed by atoms with Crippen LogP contribution in [-0.4, -0.2) is 67.4 Å². The number of ether oxygens (including phenoxy) is 2. The fraction of sp³-hybridized carbons (Fsp3) is 0.930. The standard InChI is InChI=1S/C43H83NO6/c1-5-7-9-11-13-15-17-19-21-23-25-27-31-35-42(47)49-39-40(38-44(3,4)37-33-29-30-34-41(45)46)50-43(48)36-32-28-26-24-22-20-18-16-14-12-10-8-6-2/h40H,5-39H2,1-4H3/p+1. The Morgan fingerprint density at radius 2 is 0.820 bits per heavy atom. The largest absolute Gasteiger partial charge is 0.481 e. The molecule has 0 rings (SSSR count). The lowest BCUT2D eigenvalue weighted by Gasteiger charge is -2.33. The SMILES string of the molecule is CCCCCCCCCCCCCCCC(=O)OCC(C[N+](C)(C)CCCCCC(=O)O)OC(=O)CCCCCCCCCCCCCCC. The Morgan fingerprint density at radius 1 is 0.480 bits per heavy atom. The molecule has 0 saturated heterocycles. The Balaban J connectivity index is 4.36. The van der Waals surface area contributed by atoms with Crippen LogP contribution in [0, 0.1) is 0 Å². The Bertz CT molecular complexity index is 785. The lowest BCUT2D eigenvalue weighted by Crippen LogP contribution is -2.48. The maximum absolute atomic E-state index is 12.8. The maximum atomic E-state index is 12.8. The van der Waals surface area contributed by atoms with Gasteiger partial charge in [-0.25, -0.2) is 0 Å². The van der Waals surface area contributed by atoms with Crippen molar-refractivity contribution < 1.29 is 33.4 Å². The third-order valence-electron chi connectivity index (χ3n) is 10.0.